The van der Waals surface area contributed by atoms with Gasteiger partial charge in [0.05, 0.1) is 24.0 Å². The fourth-order valence-electron chi connectivity index (χ4n) is 4.91. The smallest absolute Gasteiger partial charge is 0.248 e. The highest BCUT2D eigenvalue weighted by Gasteiger charge is 2.19. The molecule has 0 radical (unpaired) electrons. The third-order valence-corrected chi connectivity index (χ3v) is 6.73. The summed E-state index contributed by atoms with van der Waals surface area (Å²) in [6.07, 6.45) is 7.65. The first-order valence-electron chi connectivity index (χ1n) is 12.6. The summed E-state index contributed by atoms with van der Waals surface area (Å²) >= 11 is 0. The van der Waals surface area contributed by atoms with E-state index in [4.69, 9.17) is 9.72 Å². The molecule has 7 heteroatoms. The Labute approximate surface area is 230 Å². The largest absolute Gasteiger partial charge is 0.495 e. The lowest BCUT2D eigenvalue weighted by Crippen LogP contribution is -2.11. The van der Waals surface area contributed by atoms with Gasteiger partial charge in [0.2, 0.25) is 5.91 Å². The number of nitrogens with zero attached hydrogens (tertiary/aromatic N) is 2. The van der Waals surface area contributed by atoms with Crippen molar-refractivity contribution in [2.45, 2.75) is 25.7 Å². The highest BCUT2D eigenvalue weighted by Crippen LogP contribution is 2.38. The molecule has 0 bridgehead atoms. The van der Waals surface area contributed by atoms with Crippen LogP contribution in [-0.4, -0.2) is 32.1 Å². The van der Waals surface area contributed by atoms with Crippen LogP contribution >= 0.6 is 12.4 Å². The Morgan fingerprint density at radius 2 is 1.76 bits per heavy atom. The molecule has 196 valence electrons. The molecule has 0 spiro atoms. The monoisotopic (exact) mass is 528 g/mol. The number of benzene rings is 3. The van der Waals surface area contributed by atoms with Gasteiger partial charge in [0.1, 0.15) is 5.75 Å². The molecule has 1 heterocycles. The van der Waals surface area contributed by atoms with Crippen molar-refractivity contribution in [2.75, 3.05) is 36.7 Å². The maximum absolute atomic E-state index is 12.8. The number of ether oxygens (including phenoxy) is 1. The lowest BCUT2D eigenvalue weighted by molar-refractivity contribution is -0.111. The van der Waals surface area contributed by atoms with Crippen LogP contribution < -0.4 is 20.3 Å². The van der Waals surface area contributed by atoms with Gasteiger partial charge in [0, 0.05) is 42.6 Å². The number of rotatable bonds is 7. The summed E-state index contributed by atoms with van der Waals surface area (Å²) in [4.78, 5) is 19.8. The molecule has 1 aliphatic rings. The molecule has 0 unspecified atom stereocenters. The number of anilines is 4. The molecule has 38 heavy (non-hydrogen) atoms. The number of pyridine rings is 1. The maximum atomic E-state index is 12.8. The van der Waals surface area contributed by atoms with Crippen LogP contribution in [0.5, 0.6) is 5.75 Å². The number of carbonyl (C=O) groups is 1. The van der Waals surface area contributed by atoms with Crippen molar-refractivity contribution in [3.8, 4) is 5.75 Å². The second kappa shape index (κ2) is 12.0. The van der Waals surface area contributed by atoms with Gasteiger partial charge in [-0.15, -0.1) is 12.4 Å². The number of nitrogens with one attached hydrogen (secondary N) is 2. The lowest BCUT2D eigenvalue weighted by Gasteiger charge is -2.23. The summed E-state index contributed by atoms with van der Waals surface area (Å²) in [6.45, 7) is 0. The zero-order valence-electron chi connectivity index (χ0n) is 22.0. The number of aryl methyl sites for hydroxylation is 1. The number of hydrogen-bond acceptors (Lipinski definition) is 5. The Bertz CT molecular complexity index is 1480. The molecule has 6 nitrogen and oxygen atoms in total. The molecule has 0 aliphatic heterocycles. The molecule has 2 N–H and O–H groups in total. The number of aromatic nitrogens is 1. The van der Waals surface area contributed by atoms with Crippen molar-refractivity contribution in [3.63, 3.8) is 0 Å². The molecular weight excluding hydrogens is 496 g/mol. The highest BCUT2D eigenvalue weighted by molar-refractivity contribution is 6.05. The van der Waals surface area contributed by atoms with Crippen LogP contribution in [0.25, 0.3) is 17.0 Å². The Morgan fingerprint density at radius 3 is 2.58 bits per heavy atom. The molecule has 5 rings (SSSR count). The first-order valence-corrected chi connectivity index (χ1v) is 12.6. The first-order chi connectivity index (χ1) is 18.0. The van der Waals surface area contributed by atoms with Gasteiger partial charge < -0.3 is 20.3 Å². The summed E-state index contributed by atoms with van der Waals surface area (Å²) in [5.74, 6) is 0.600. The van der Waals surface area contributed by atoms with Crippen molar-refractivity contribution in [3.05, 3.63) is 89.6 Å². The van der Waals surface area contributed by atoms with Crippen LogP contribution in [0.3, 0.4) is 0 Å². The van der Waals surface area contributed by atoms with E-state index in [0.717, 1.165) is 76.3 Å². The minimum Gasteiger partial charge on any atom is -0.495 e. The van der Waals surface area contributed by atoms with Crippen LogP contribution in [0, 0.1) is 0 Å². The fraction of sp³-hybridized carbons (Fsp3) is 0.226. The van der Waals surface area contributed by atoms with Gasteiger partial charge in [-0.05, 0) is 79.3 Å². The molecule has 0 fully saturated rings. The SMILES string of the molecule is COc1ccccc1Nc1c2c(nc3ccc(NC(=O)/C=C/c4ccccc4N(C)C)cc13)CCCC2.Cl. The van der Waals surface area contributed by atoms with E-state index in [1.165, 1.54) is 5.56 Å². The summed E-state index contributed by atoms with van der Waals surface area (Å²) in [5.41, 5.74) is 8.01. The zero-order chi connectivity index (χ0) is 25.8. The van der Waals surface area contributed by atoms with E-state index in [2.05, 4.69) is 10.6 Å². The van der Waals surface area contributed by atoms with Crippen LogP contribution in [0.4, 0.5) is 22.7 Å². The summed E-state index contributed by atoms with van der Waals surface area (Å²) in [5, 5.41) is 7.65. The van der Waals surface area contributed by atoms with Crippen molar-refractivity contribution < 1.29 is 9.53 Å². The Hall–Kier alpha value is -4.03. The molecule has 4 aromatic rings. The van der Waals surface area contributed by atoms with Crippen LogP contribution in [0.1, 0.15) is 29.7 Å². The molecule has 3 aromatic carbocycles. The van der Waals surface area contributed by atoms with Gasteiger partial charge in [-0.1, -0.05) is 30.3 Å². The lowest BCUT2D eigenvalue weighted by atomic mass is 9.92. The predicted molar refractivity (Wildman–Crippen MR) is 160 cm³/mol. The number of para-hydroxylation sites is 3. The van der Waals surface area contributed by atoms with Gasteiger partial charge in [0.15, 0.2) is 0 Å². The number of amides is 1. The number of halogens is 1. The summed E-state index contributed by atoms with van der Waals surface area (Å²) < 4.78 is 5.59. The van der Waals surface area contributed by atoms with E-state index in [0.29, 0.717) is 0 Å². The normalized spacial score (nSPS) is 12.5. The molecule has 0 saturated heterocycles. The van der Waals surface area contributed by atoms with Crippen LogP contribution in [0.15, 0.2) is 72.8 Å². The Balaban J connectivity index is 0.00000336. The fourth-order valence-corrected chi connectivity index (χ4v) is 4.91. The second-order valence-electron chi connectivity index (χ2n) is 9.45. The second-order valence-corrected chi connectivity index (χ2v) is 9.45. The molecule has 1 aromatic heterocycles. The average Bonchev–Trinajstić information content (AvgIpc) is 2.92. The Kier molecular flexibility index (Phi) is 8.54. The van der Waals surface area contributed by atoms with Crippen LogP contribution in [0.2, 0.25) is 0 Å². The minimum absolute atomic E-state index is 0. The molecular formula is C31H33ClN4O2. The van der Waals surface area contributed by atoms with E-state index < -0.39 is 0 Å². The number of methoxy groups -OCH3 is 1. The third-order valence-electron chi connectivity index (χ3n) is 6.73. The van der Waals surface area contributed by atoms with E-state index in [-0.39, 0.29) is 18.3 Å². The minimum atomic E-state index is -0.182. The van der Waals surface area contributed by atoms with E-state index in [1.807, 2.05) is 91.8 Å². The van der Waals surface area contributed by atoms with E-state index in [1.54, 1.807) is 13.2 Å². The van der Waals surface area contributed by atoms with Gasteiger partial charge in [-0.3, -0.25) is 9.78 Å². The van der Waals surface area contributed by atoms with Gasteiger partial charge >= 0.3 is 0 Å². The topological polar surface area (TPSA) is 66.5 Å². The standard InChI is InChI=1S/C31H32N4O2.ClH/c1-35(2)28-14-8-4-10-21(28)16-19-30(36)32-22-17-18-26-24(20-22)31(23-11-5-6-12-25(23)33-26)34-27-13-7-9-15-29(27)37-3;/h4,7-10,13-20H,5-6,11-12H2,1-3H3,(H,32,36)(H,33,34);1H/b19-16+;. The Morgan fingerprint density at radius 1 is 1.00 bits per heavy atom. The van der Waals surface area contributed by atoms with Gasteiger partial charge in [0.25, 0.3) is 0 Å². The predicted octanol–water partition coefficient (Wildman–Crippen LogP) is 7.01. The molecule has 1 aliphatic carbocycles. The number of carbonyl (C=O) groups excluding carboxylic acids is 1. The van der Waals surface area contributed by atoms with Crippen molar-refractivity contribution in [1.82, 2.24) is 4.98 Å². The number of hydrogen-bond donors (Lipinski definition) is 2. The van der Waals surface area contributed by atoms with Crippen molar-refractivity contribution >= 4 is 58.0 Å². The molecule has 0 saturated carbocycles. The molecule has 0 atom stereocenters. The van der Waals surface area contributed by atoms with Crippen molar-refractivity contribution in [1.29, 1.82) is 0 Å². The maximum Gasteiger partial charge on any atom is 0.248 e. The average molecular weight is 529 g/mol. The van der Waals surface area contributed by atoms with Gasteiger partial charge in [-0.25, -0.2) is 0 Å². The van der Waals surface area contributed by atoms with E-state index >= 15 is 0 Å². The quantitative estimate of drug-likeness (QED) is 0.253. The highest BCUT2D eigenvalue weighted by atomic mass is 35.5. The number of fused-ring (bicyclic) bond motifs is 2. The van der Waals surface area contributed by atoms with Crippen LogP contribution in [-0.2, 0) is 17.6 Å². The summed E-state index contributed by atoms with van der Waals surface area (Å²) in [6, 6.07) is 21.8. The first kappa shape index (κ1) is 27.0. The third kappa shape index (κ3) is 5.76. The van der Waals surface area contributed by atoms with Crippen molar-refractivity contribution in [2.24, 2.45) is 0 Å². The van der Waals surface area contributed by atoms with Gasteiger partial charge in [-0.2, -0.15) is 0 Å². The molecule has 1 amide bonds. The zero-order valence-corrected chi connectivity index (χ0v) is 22.8. The summed E-state index contributed by atoms with van der Waals surface area (Å²) in [7, 11) is 5.66. The van der Waals surface area contributed by atoms with E-state index in [9.17, 15) is 4.79 Å².